The van der Waals surface area contributed by atoms with Crippen LogP contribution in [0.25, 0.3) is 0 Å². The Kier molecular flexibility index (Phi) is 3.44. The maximum Gasteiger partial charge on any atom is 0.118 e. The lowest BCUT2D eigenvalue weighted by Crippen LogP contribution is -2.31. The molecule has 15 heavy (non-hydrogen) atoms. The molecule has 0 bridgehead atoms. The predicted octanol–water partition coefficient (Wildman–Crippen LogP) is 1.80. The number of nitrogens with zero attached hydrogens (tertiary/aromatic N) is 1. The van der Waals surface area contributed by atoms with Gasteiger partial charge in [0.05, 0.1) is 13.2 Å². The Bertz CT molecular complexity index is 308. The Morgan fingerprint density at radius 1 is 1.47 bits per heavy atom. The number of likely N-dealkylation sites (tertiary alicyclic amines) is 1. The Labute approximate surface area is 90.7 Å². The molecule has 1 atom stereocenters. The van der Waals surface area contributed by atoms with Gasteiger partial charge < -0.3 is 9.52 Å². The normalized spacial score (nSPS) is 22.4. The van der Waals surface area contributed by atoms with Crippen LogP contribution in [0.4, 0.5) is 0 Å². The van der Waals surface area contributed by atoms with E-state index in [2.05, 4.69) is 11.8 Å². The number of aliphatic hydroxyl groups excluding tert-OH is 1. The topological polar surface area (TPSA) is 36.6 Å². The van der Waals surface area contributed by atoms with Crippen LogP contribution in [0.2, 0.25) is 0 Å². The Hall–Kier alpha value is -0.800. The van der Waals surface area contributed by atoms with E-state index < -0.39 is 0 Å². The van der Waals surface area contributed by atoms with Crippen LogP contribution >= 0.6 is 0 Å². The maximum atomic E-state index is 9.19. The quantitative estimate of drug-likeness (QED) is 0.821. The third kappa shape index (κ3) is 2.41. The molecule has 1 fully saturated rings. The van der Waals surface area contributed by atoms with Gasteiger partial charge in [0.25, 0.3) is 0 Å². The van der Waals surface area contributed by atoms with Crippen molar-refractivity contribution in [1.29, 1.82) is 0 Å². The van der Waals surface area contributed by atoms with Crippen molar-refractivity contribution in [1.82, 2.24) is 4.90 Å². The number of rotatable bonds is 4. The van der Waals surface area contributed by atoms with Crippen LogP contribution in [-0.4, -0.2) is 29.2 Å². The lowest BCUT2D eigenvalue weighted by molar-refractivity contribution is 0.146. The standard InChI is InChI=1S/C12H19NO2/c1-2-11-5-6-12(15-11)8-13-7-3-4-10(13)9-14/h5-6,10,14H,2-4,7-9H2,1H3/t10-/m0/s1. The molecule has 1 saturated heterocycles. The molecule has 1 aliphatic rings. The summed E-state index contributed by atoms with van der Waals surface area (Å²) in [5.41, 5.74) is 0. The molecule has 1 aromatic rings. The van der Waals surface area contributed by atoms with E-state index in [4.69, 9.17) is 4.42 Å². The lowest BCUT2D eigenvalue weighted by atomic mass is 10.2. The molecule has 1 aromatic heterocycles. The first-order chi connectivity index (χ1) is 7.33. The Morgan fingerprint density at radius 3 is 2.93 bits per heavy atom. The summed E-state index contributed by atoms with van der Waals surface area (Å²) >= 11 is 0. The van der Waals surface area contributed by atoms with Crippen molar-refractivity contribution in [3.05, 3.63) is 23.7 Å². The first-order valence-electron chi connectivity index (χ1n) is 5.76. The highest BCUT2D eigenvalue weighted by molar-refractivity contribution is 5.07. The molecule has 2 heterocycles. The SMILES string of the molecule is CCc1ccc(CN2CCC[C@H]2CO)o1. The largest absolute Gasteiger partial charge is 0.465 e. The monoisotopic (exact) mass is 209 g/mol. The molecule has 3 nitrogen and oxygen atoms in total. The van der Waals surface area contributed by atoms with E-state index in [1.807, 2.05) is 12.1 Å². The number of furan rings is 1. The van der Waals surface area contributed by atoms with Crippen molar-refractivity contribution in [2.45, 2.75) is 38.8 Å². The summed E-state index contributed by atoms with van der Waals surface area (Å²) in [7, 11) is 0. The summed E-state index contributed by atoms with van der Waals surface area (Å²) in [5.74, 6) is 2.07. The molecule has 3 heteroatoms. The van der Waals surface area contributed by atoms with Crippen LogP contribution in [0, 0.1) is 0 Å². The van der Waals surface area contributed by atoms with Crippen molar-refractivity contribution in [3.63, 3.8) is 0 Å². The van der Waals surface area contributed by atoms with E-state index in [0.717, 1.165) is 37.5 Å². The highest BCUT2D eigenvalue weighted by atomic mass is 16.3. The van der Waals surface area contributed by atoms with E-state index in [1.54, 1.807) is 0 Å². The van der Waals surface area contributed by atoms with Crippen LogP contribution in [-0.2, 0) is 13.0 Å². The zero-order chi connectivity index (χ0) is 10.7. The first kappa shape index (κ1) is 10.7. The van der Waals surface area contributed by atoms with Crippen LogP contribution in [0.1, 0.15) is 31.3 Å². The zero-order valence-corrected chi connectivity index (χ0v) is 9.28. The number of hydrogen-bond acceptors (Lipinski definition) is 3. The van der Waals surface area contributed by atoms with Gasteiger partial charge in [-0.25, -0.2) is 0 Å². The van der Waals surface area contributed by atoms with E-state index in [-0.39, 0.29) is 6.61 Å². The number of hydrogen-bond donors (Lipinski definition) is 1. The summed E-state index contributed by atoms with van der Waals surface area (Å²) in [6.07, 6.45) is 3.24. The molecule has 0 aromatic carbocycles. The van der Waals surface area contributed by atoms with Gasteiger partial charge in [0.15, 0.2) is 0 Å². The van der Waals surface area contributed by atoms with E-state index >= 15 is 0 Å². The van der Waals surface area contributed by atoms with Crippen LogP contribution in [0.3, 0.4) is 0 Å². The molecule has 0 saturated carbocycles. The van der Waals surface area contributed by atoms with Gasteiger partial charge in [0, 0.05) is 12.5 Å². The molecule has 0 amide bonds. The molecule has 1 N–H and O–H groups in total. The highest BCUT2D eigenvalue weighted by Crippen LogP contribution is 2.20. The summed E-state index contributed by atoms with van der Waals surface area (Å²) < 4.78 is 5.66. The second-order valence-corrected chi connectivity index (χ2v) is 4.17. The van der Waals surface area contributed by atoms with Crippen molar-refractivity contribution < 1.29 is 9.52 Å². The Balaban J connectivity index is 1.95. The second-order valence-electron chi connectivity index (χ2n) is 4.17. The Morgan fingerprint density at radius 2 is 2.27 bits per heavy atom. The summed E-state index contributed by atoms with van der Waals surface area (Å²) in [5, 5.41) is 9.19. The molecule has 1 aliphatic heterocycles. The van der Waals surface area contributed by atoms with Crippen LogP contribution in [0.15, 0.2) is 16.5 Å². The third-order valence-corrected chi connectivity index (χ3v) is 3.13. The smallest absolute Gasteiger partial charge is 0.118 e. The zero-order valence-electron chi connectivity index (χ0n) is 9.28. The summed E-state index contributed by atoms with van der Waals surface area (Å²) in [6, 6.07) is 4.42. The van der Waals surface area contributed by atoms with Gasteiger partial charge in [-0.3, -0.25) is 4.90 Å². The average molecular weight is 209 g/mol. The molecule has 2 rings (SSSR count). The van der Waals surface area contributed by atoms with Crippen molar-refractivity contribution in [3.8, 4) is 0 Å². The van der Waals surface area contributed by atoms with E-state index in [0.29, 0.717) is 6.04 Å². The van der Waals surface area contributed by atoms with Gasteiger partial charge in [0.1, 0.15) is 11.5 Å². The van der Waals surface area contributed by atoms with Gasteiger partial charge in [-0.05, 0) is 31.5 Å². The van der Waals surface area contributed by atoms with Crippen LogP contribution < -0.4 is 0 Å². The minimum atomic E-state index is 0.265. The average Bonchev–Trinajstić information content (AvgIpc) is 2.87. The fourth-order valence-electron chi connectivity index (χ4n) is 2.21. The molecule has 0 radical (unpaired) electrons. The molecular weight excluding hydrogens is 190 g/mol. The van der Waals surface area contributed by atoms with E-state index in [1.165, 1.54) is 6.42 Å². The molecule has 84 valence electrons. The van der Waals surface area contributed by atoms with Gasteiger partial charge in [-0.1, -0.05) is 6.92 Å². The predicted molar refractivity (Wildman–Crippen MR) is 58.6 cm³/mol. The molecular formula is C12H19NO2. The minimum Gasteiger partial charge on any atom is -0.465 e. The second kappa shape index (κ2) is 4.81. The molecule has 0 unspecified atom stereocenters. The van der Waals surface area contributed by atoms with Gasteiger partial charge in [-0.2, -0.15) is 0 Å². The number of aryl methyl sites for hydroxylation is 1. The van der Waals surface area contributed by atoms with Crippen molar-refractivity contribution in [2.24, 2.45) is 0 Å². The van der Waals surface area contributed by atoms with Gasteiger partial charge in [-0.15, -0.1) is 0 Å². The minimum absolute atomic E-state index is 0.265. The number of aliphatic hydroxyl groups is 1. The van der Waals surface area contributed by atoms with Gasteiger partial charge in [0.2, 0.25) is 0 Å². The third-order valence-electron chi connectivity index (χ3n) is 3.13. The summed E-state index contributed by atoms with van der Waals surface area (Å²) in [4.78, 5) is 2.30. The van der Waals surface area contributed by atoms with E-state index in [9.17, 15) is 5.11 Å². The summed E-state index contributed by atoms with van der Waals surface area (Å²) in [6.45, 7) is 4.27. The highest BCUT2D eigenvalue weighted by Gasteiger charge is 2.24. The lowest BCUT2D eigenvalue weighted by Gasteiger charge is -2.21. The maximum absolute atomic E-state index is 9.19. The van der Waals surface area contributed by atoms with Crippen molar-refractivity contribution >= 4 is 0 Å². The fraction of sp³-hybridized carbons (Fsp3) is 0.667. The van der Waals surface area contributed by atoms with Crippen molar-refractivity contribution in [2.75, 3.05) is 13.2 Å². The molecule has 0 spiro atoms. The first-order valence-corrected chi connectivity index (χ1v) is 5.76. The molecule has 0 aliphatic carbocycles. The fourth-order valence-corrected chi connectivity index (χ4v) is 2.21. The van der Waals surface area contributed by atoms with Crippen LogP contribution in [0.5, 0.6) is 0 Å². The van der Waals surface area contributed by atoms with Gasteiger partial charge >= 0.3 is 0 Å².